The minimum Gasteiger partial charge on any atom is -0.333 e. The molecule has 0 fully saturated rings. The first kappa shape index (κ1) is 36.9. The molecule has 0 aliphatic carbocycles. The molecule has 0 spiro atoms. The van der Waals surface area contributed by atoms with Crippen LogP contribution >= 0.6 is 0 Å². The van der Waals surface area contributed by atoms with Crippen molar-refractivity contribution in [1.29, 1.82) is 0 Å². The van der Waals surface area contributed by atoms with Gasteiger partial charge in [-0.25, -0.2) is 0 Å². The van der Waals surface area contributed by atoms with E-state index in [1.165, 1.54) is 116 Å². The Balaban J connectivity index is -0.000000282. The smallest absolute Gasteiger partial charge is 0.261 e. The number of hydrogen-bond acceptors (Lipinski definition) is 4. The summed E-state index contributed by atoms with van der Waals surface area (Å²) >= 11 is 0. The molecule has 0 atom stereocenters. The highest BCUT2D eigenvalue weighted by Gasteiger charge is 1.94. The zero-order chi connectivity index (χ0) is 23.9. The molecule has 0 aromatic heterocycles. The van der Waals surface area contributed by atoms with Crippen molar-refractivity contribution in [2.24, 2.45) is 5.73 Å². The van der Waals surface area contributed by atoms with Crippen molar-refractivity contribution in [2.75, 3.05) is 27.4 Å². The lowest BCUT2D eigenvalue weighted by Crippen LogP contribution is -1.89. The van der Waals surface area contributed by atoms with Gasteiger partial charge in [-0.1, -0.05) is 109 Å². The maximum Gasteiger partial charge on any atom is 0.261 e. The molecule has 4 N–H and O–H groups in total. The number of allylic oxidation sites excluding steroid dienone is 1. The van der Waals surface area contributed by atoms with Crippen LogP contribution in [-0.4, -0.2) is 40.4 Å². The Bertz CT molecular complexity index is 367. The van der Waals surface area contributed by atoms with Crippen LogP contribution < -0.4 is 11.1 Å². The van der Waals surface area contributed by atoms with Gasteiger partial charge in [-0.15, -0.1) is 6.58 Å². The minimum atomic E-state index is -3.67. The summed E-state index contributed by atoms with van der Waals surface area (Å²) in [6, 6.07) is 0. The van der Waals surface area contributed by atoms with Gasteiger partial charge in [-0.05, 0) is 34.0 Å². The molecule has 0 bridgehead atoms. The molecular weight excluding hydrogens is 396 g/mol. The molecule has 30 heavy (non-hydrogen) atoms. The predicted molar refractivity (Wildman–Crippen MR) is 137 cm³/mol. The number of unbranched alkanes of at least 4 members (excludes halogenated alkanes) is 16. The second kappa shape index (κ2) is 36.0. The Morgan fingerprint density at radius 3 is 1.13 bits per heavy atom. The summed E-state index contributed by atoms with van der Waals surface area (Å²) in [5.74, 6) is 0. The van der Waals surface area contributed by atoms with Crippen molar-refractivity contribution in [3.05, 3.63) is 12.7 Å². The zero-order valence-corrected chi connectivity index (χ0v) is 21.9. The van der Waals surface area contributed by atoms with Gasteiger partial charge in [0, 0.05) is 0 Å². The van der Waals surface area contributed by atoms with Crippen LogP contribution in [0.3, 0.4) is 0 Å². The van der Waals surface area contributed by atoms with Crippen molar-refractivity contribution >= 4 is 10.1 Å². The fraction of sp³-hybridized carbons (Fsp3) is 0.917. The van der Waals surface area contributed by atoms with Crippen molar-refractivity contribution in [3.8, 4) is 0 Å². The summed E-state index contributed by atoms with van der Waals surface area (Å²) in [5.41, 5.74) is 4.50. The van der Waals surface area contributed by atoms with Crippen LogP contribution in [0.25, 0.3) is 0 Å². The van der Waals surface area contributed by atoms with E-state index in [1.807, 2.05) is 20.2 Å². The zero-order valence-electron chi connectivity index (χ0n) is 21.1. The topological polar surface area (TPSA) is 92.4 Å². The number of nitrogens with two attached hydrogens (primary N) is 1. The van der Waals surface area contributed by atoms with Crippen molar-refractivity contribution in [1.82, 2.24) is 5.32 Å². The third-order valence-corrected chi connectivity index (χ3v) is 4.26. The Morgan fingerprint density at radius 1 is 0.733 bits per heavy atom. The highest BCUT2D eigenvalue weighted by molar-refractivity contribution is 7.85. The van der Waals surface area contributed by atoms with E-state index in [-0.39, 0.29) is 0 Å². The molecular formula is C24H56N2O3S. The van der Waals surface area contributed by atoms with Gasteiger partial charge < -0.3 is 11.1 Å². The fourth-order valence-corrected chi connectivity index (χ4v) is 2.84. The first-order valence-corrected chi connectivity index (χ1v) is 13.9. The number of hydrogen-bond donors (Lipinski definition) is 3. The van der Waals surface area contributed by atoms with Crippen LogP contribution in [0.1, 0.15) is 116 Å². The Kier molecular flexibility index (Phi) is 44.3. The van der Waals surface area contributed by atoms with Crippen molar-refractivity contribution < 1.29 is 13.0 Å². The van der Waals surface area contributed by atoms with Gasteiger partial charge in [-0.2, -0.15) is 8.42 Å². The molecule has 0 rings (SSSR count). The summed E-state index contributed by atoms with van der Waals surface area (Å²) in [6.45, 7) is 6.06. The summed E-state index contributed by atoms with van der Waals surface area (Å²) in [7, 11) is 1.58. The maximum absolute atomic E-state index is 9.19. The van der Waals surface area contributed by atoms with Gasteiger partial charge in [0.1, 0.15) is 0 Å². The van der Waals surface area contributed by atoms with Crippen LogP contribution in [-0.2, 0) is 10.1 Å². The lowest BCUT2D eigenvalue weighted by atomic mass is 10.0. The first-order chi connectivity index (χ1) is 14.3. The largest absolute Gasteiger partial charge is 0.333 e. The molecule has 0 aliphatic rings. The lowest BCUT2D eigenvalue weighted by Gasteiger charge is -2.03. The van der Waals surface area contributed by atoms with E-state index in [0.29, 0.717) is 6.26 Å². The summed E-state index contributed by atoms with van der Waals surface area (Å²) < 4.78 is 25.9. The highest BCUT2D eigenvalue weighted by atomic mass is 32.2. The lowest BCUT2D eigenvalue weighted by molar-refractivity contribution is 0.490. The van der Waals surface area contributed by atoms with Crippen LogP contribution in [0.4, 0.5) is 0 Å². The Labute approximate surface area is 190 Å². The van der Waals surface area contributed by atoms with E-state index >= 15 is 0 Å². The normalized spacial score (nSPS) is 9.97. The highest BCUT2D eigenvalue weighted by Crippen LogP contribution is 2.13. The molecule has 0 saturated carbocycles. The summed E-state index contributed by atoms with van der Waals surface area (Å²) in [6.07, 6.45) is 27.2. The molecule has 0 aromatic rings. The Hall–Kier alpha value is -0.430. The molecule has 0 heterocycles. The first-order valence-electron chi connectivity index (χ1n) is 12.0. The standard InChI is InChI=1S/C20H40.C2H7N.CH5N.CH4O3S/c1-3-5-7-9-11-13-15-17-19-20-18-16-14-12-10-8-6-4-2;1-3-2;1-2;1-5(2,3)4/h3H,1,4-20H2,2H3;3H,1-2H3;2H2,1H3;1H3,(H,2,3,4). The molecule has 0 radical (unpaired) electrons. The average Bonchev–Trinajstić information content (AvgIpc) is 2.68. The van der Waals surface area contributed by atoms with Crippen LogP contribution in [0.15, 0.2) is 12.7 Å². The summed E-state index contributed by atoms with van der Waals surface area (Å²) in [5, 5.41) is 2.75. The van der Waals surface area contributed by atoms with E-state index in [9.17, 15) is 8.42 Å². The van der Waals surface area contributed by atoms with E-state index in [4.69, 9.17) is 4.55 Å². The van der Waals surface area contributed by atoms with Gasteiger partial charge >= 0.3 is 0 Å². The maximum atomic E-state index is 9.19. The number of nitrogens with one attached hydrogen (secondary N) is 1. The molecule has 0 aromatic carbocycles. The van der Waals surface area contributed by atoms with E-state index < -0.39 is 10.1 Å². The molecule has 0 unspecified atom stereocenters. The quantitative estimate of drug-likeness (QED) is 0.129. The van der Waals surface area contributed by atoms with Gasteiger partial charge in [-0.3, -0.25) is 4.55 Å². The average molecular weight is 453 g/mol. The van der Waals surface area contributed by atoms with Gasteiger partial charge in [0.15, 0.2) is 0 Å². The fourth-order valence-electron chi connectivity index (χ4n) is 2.84. The van der Waals surface area contributed by atoms with E-state index in [0.717, 1.165) is 0 Å². The summed E-state index contributed by atoms with van der Waals surface area (Å²) in [4.78, 5) is 0. The molecule has 6 heteroatoms. The molecule has 0 saturated heterocycles. The predicted octanol–water partition coefficient (Wildman–Crippen LogP) is 6.74. The number of rotatable bonds is 17. The minimum absolute atomic E-state index is 0.715. The van der Waals surface area contributed by atoms with Gasteiger partial charge in [0.25, 0.3) is 10.1 Å². The van der Waals surface area contributed by atoms with E-state index in [2.05, 4.69) is 24.6 Å². The van der Waals surface area contributed by atoms with Crippen LogP contribution in [0.5, 0.6) is 0 Å². The monoisotopic (exact) mass is 452 g/mol. The second-order valence-electron chi connectivity index (χ2n) is 7.61. The second-order valence-corrected chi connectivity index (χ2v) is 9.08. The van der Waals surface area contributed by atoms with Crippen LogP contribution in [0.2, 0.25) is 0 Å². The SMILES string of the molecule is C=CCCCCCCCCCCCCCCCCCC.CN.CNC.CS(=O)(=O)O. The van der Waals surface area contributed by atoms with Crippen molar-refractivity contribution in [2.45, 2.75) is 116 Å². The molecule has 0 amide bonds. The van der Waals surface area contributed by atoms with E-state index in [1.54, 1.807) is 0 Å². The molecule has 5 nitrogen and oxygen atoms in total. The third kappa shape index (κ3) is 70.9. The van der Waals surface area contributed by atoms with Crippen LogP contribution in [0, 0.1) is 0 Å². The molecule has 0 aliphatic heterocycles. The third-order valence-electron chi connectivity index (χ3n) is 4.26. The Morgan fingerprint density at radius 2 is 0.933 bits per heavy atom. The molecule has 186 valence electrons. The van der Waals surface area contributed by atoms with Crippen molar-refractivity contribution in [3.63, 3.8) is 0 Å². The van der Waals surface area contributed by atoms with Gasteiger partial charge in [0.05, 0.1) is 6.26 Å². The van der Waals surface area contributed by atoms with Gasteiger partial charge in [0.2, 0.25) is 0 Å².